The molecule has 0 aliphatic heterocycles. The van der Waals surface area contributed by atoms with E-state index in [0.717, 1.165) is 15.7 Å². The fourth-order valence-electron chi connectivity index (χ4n) is 1.11. The Morgan fingerprint density at radius 3 is 2.43 bits per heavy atom. The minimum absolute atomic E-state index is 0.754. The number of sulfonamides is 1. The molecule has 0 spiro atoms. The maximum absolute atomic E-state index is 11.3. The van der Waals surface area contributed by atoms with Crippen LogP contribution in [0.4, 0.5) is 5.69 Å². The van der Waals surface area contributed by atoms with Crippen molar-refractivity contribution in [3.63, 3.8) is 0 Å². The number of para-hydroxylation sites is 1. The zero-order chi connectivity index (χ0) is 10.8. The number of benzene rings is 1. The molecule has 0 fully saturated rings. The maximum atomic E-state index is 11.3. The molecule has 0 radical (unpaired) electrons. The Morgan fingerprint density at radius 1 is 1.36 bits per heavy atom. The van der Waals surface area contributed by atoms with E-state index < -0.39 is 10.0 Å². The smallest absolute Gasteiger partial charge is 0.232 e. The summed E-state index contributed by atoms with van der Waals surface area (Å²) in [5.74, 6) is 0. The van der Waals surface area contributed by atoms with Gasteiger partial charge in [0.25, 0.3) is 0 Å². The zero-order valence-electron chi connectivity index (χ0n) is 8.07. The molecule has 0 saturated heterocycles. The minimum atomic E-state index is -3.16. The molecule has 0 unspecified atom stereocenters. The summed E-state index contributed by atoms with van der Waals surface area (Å²) in [5, 5.41) is 0. The fraction of sp³-hybridized carbons (Fsp3) is 0.333. The van der Waals surface area contributed by atoms with Crippen LogP contribution < -0.4 is 4.31 Å². The Hall–Kier alpha value is -0.300. The van der Waals surface area contributed by atoms with E-state index in [-0.39, 0.29) is 0 Å². The standard InChI is InChI=1S/C9H12INO2S/c1-11(14(2,12)13)9-6-4-3-5-8(9)7-10/h3-6H,7H2,1-2H3. The first-order valence-corrected chi connectivity index (χ1v) is 7.42. The van der Waals surface area contributed by atoms with Gasteiger partial charge in [0.1, 0.15) is 0 Å². The molecule has 14 heavy (non-hydrogen) atoms. The average molecular weight is 325 g/mol. The van der Waals surface area contributed by atoms with E-state index in [4.69, 9.17) is 0 Å². The van der Waals surface area contributed by atoms with Gasteiger partial charge >= 0.3 is 0 Å². The highest BCUT2D eigenvalue weighted by Gasteiger charge is 2.14. The molecule has 3 nitrogen and oxygen atoms in total. The number of hydrogen-bond donors (Lipinski definition) is 0. The number of halogens is 1. The van der Waals surface area contributed by atoms with E-state index in [1.807, 2.05) is 24.3 Å². The lowest BCUT2D eigenvalue weighted by Crippen LogP contribution is -2.25. The highest BCUT2D eigenvalue weighted by molar-refractivity contribution is 14.1. The second-order valence-electron chi connectivity index (χ2n) is 2.99. The molecule has 1 aromatic carbocycles. The lowest BCUT2D eigenvalue weighted by Gasteiger charge is -2.19. The van der Waals surface area contributed by atoms with Crippen LogP contribution in [-0.4, -0.2) is 21.7 Å². The van der Waals surface area contributed by atoms with Gasteiger partial charge in [-0.25, -0.2) is 8.42 Å². The molecule has 0 heterocycles. The normalized spacial score (nSPS) is 11.4. The van der Waals surface area contributed by atoms with E-state index in [2.05, 4.69) is 22.6 Å². The Balaban J connectivity index is 3.19. The summed E-state index contributed by atoms with van der Waals surface area (Å²) in [6.07, 6.45) is 1.21. The molecule has 0 N–H and O–H groups in total. The van der Waals surface area contributed by atoms with Gasteiger partial charge in [0.05, 0.1) is 11.9 Å². The lowest BCUT2D eigenvalue weighted by atomic mass is 10.2. The van der Waals surface area contributed by atoms with Crippen molar-refractivity contribution >= 4 is 38.3 Å². The first kappa shape index (κ1) is 11.8. The van der Waals surface area contributed by atoms with Gasteiger partial charge < -0.3 is 0 Å². The van der Waals surface area contributed by atoms with Crippen LogP contribution >= 0.6 is 22.6 Å². The zero-order valence-corrected chi connectivity index (χ0v) is 11.0. The van der Waals surface area contributed by atoms with Crippen LogP contribution in [0, 0.1) is 0 Å². The Morgan fingerprint density at radius 2 is 1.93 bits per heavy atom. The topological polar surface area (TPSA) is 37.4 Å². The third kappa shape index (κ3) is 2.60. The van der Waals surface area contributed by atoms with E-state index in [9.17, 15) is 8.42 Å². The van der Waals surface area contributed by atoms with Gasteiger partial charge in [0, 0.05) is 11.5 Å². The van der Waals surface area contributed by atoms with Gasteiger partial charge in [-0.05, 0) is 11.6 Å². The van der Waals surface area contributed by atoms with E-state index in [1.165, 1.54) is 10.6 Å². The monoisotopic (exact) mass is 325 g/mol. The van der Waals surface area contributed by atoms with Crippen molar-refractivity contribution in [1.29, 1.82) is 0 Å². The van der Waals surface area contributed by atoms with Gasteiger partial charge in [0.15, 0.2) is 0 Å². The summed E-state index contributed by atoms with van der Waals surface area (Å²) in [7, 11) is -1.59. The van der Waals surface area contributed by atoms with Crippen LogP contribution in [0.1, 0.15) is 5.56 Å². The largest absolute Gasteiger partial charge is 0.273 e. The second kappa shape index (κ2) is 4.48. The maximum Gasteiger partial charge on any atom is 0.232 e. The quantitative estimate of drug-likeness (QED) is 0.630. The first-order chi connectivity index (χ1) is 6.46. The van der Waals surface area contributed by atoms with Crippen LogP contribution in [0.5, 0.6) is 0 Å². The van der Waals surface area contributed by atoms with Crippen LogP contribution in [0.2, 0.25) is 0 Å². The molecular formula is C9H12INO2S. The molecule has 5 heteroatoms. The van der Waals surface area contributed by atoms with Crippen molar-refractivity contribution < 1.29 is 8.42 Å². The summed E-state index contributed by atoms with van der Waals surface area (Å²) >= 11 is 2.22. The summed E-state index contributed by atoms with van der Waals surface area (Å²) < 4.78 is 24.8. The van der Waals surface area contributed by atoms with E-state index >= 15 is 0 Å². The molecular weight excluding hydrogens is 313 g/mol. The van der Waals surface area contributed by atoms with Gasteiger partial charge in [-0.1, -0.05) is 40.8 Å². The van der Waals surface area contributed by atoms with Crippen molar-refractivity contribution in [2.24, 2.45) is 0 Å². The predicted octanol–water partition coefficient (Wildman–Crippen LogP) is 2.02. The first-order valence-electron chi connectivity index (χ1n) is 4.04. The molecule has 1 rings (SSSR count). The average Bonchev–Trinajstić information content (AvgIpc) is 2.15. The summed E-state index contributed by atoms with van der Waals surface area (Å²) in [6.45, 7) is 0. The fourth-order valence-corrected chi connectivity index (χ4v) is 2.29. The lowest BCUT2D eigenvalue weighted by molar-refractivity contribution is 0.600. The Kier molecular flexibility index (Phi) is 3.77. The number of alkyl halides is 1. The number of rotatable bonds is 3. The molecule has 0 bridgehead atoms. The van der Waals surface area contributed by atoms with Crippen molar-refractivity contribution in [2.45, 2.75) is 4.43 Å². The number of anilines is 1. The van der Waals surface area contributed by atoms with Gasteiger partial charge in [-0.2, -0.15) is 0 Å². The molecule has 0 aliphatic carbocycles. The van der Waals surface area contributed by atoms with Crippen LogP contribution in [0.3, 0.4) is 0 Å². The number of hydrogen-bond acceptors (Lipinski definition) is 2. The Bertz CT molecular complexity index is 417. The molecule has 78 valence electrons. The second-order valence-corrected chi connectivity index (χ2v) is 5.77. The minimum Gasteiger partial charge on any atom is -0.273 e. The SMILES string of the molecule is CN(c1ccccc1CI)S(C)(=O)=O. The predicted molar refractivity (Wildman–Crippen MR) is 67.4 cm³/mol. The summed E-state index contributed by atoms with van der Waals surface area (Å²) in [5.41, 5.74) is 1.78. The van der Waals surface area contributed by atoms with Crippen molar-refractivity contribution in [3.8, 4) is 0 Å². The van der Waals surface area contributed by atoms with Crippen molar-refractivity contribution in [1.82, 2.24) is 0 Å². The van der Waals surface area contributed by atoms with Crippen LogP contribution in [-0.2, 0) is 14.5 Å². The third-order valence-corrected chi connectivity index (χ3v) is 3.99. The van der Waals surface area contributed by atoms with Gasteiger partial charge in [-0.15, -0.1) is 0 Å². The summed E-state index contributed by atoms with van der Waals surface area (Å²) in [6, 6.07) is 7.50. The van der Waals surface area contributed by atoms with Crippen molar-refractivity contribution in [2.75, 3.05) is 17.6 Å². The molecule has 0 aromatic heterocycles. The molecule has 0 aliphatic rings. The van der Waals surface area contributed by atoms with Gasteiger partial charge in [0.2, 0.25) is 10.0 Å². The highest BCUT2D eigenvalue weighted by atomic mass is 127. The van der Waals surface area contributed by atoms with E-state index in [1.54, 1.807) is 7.05 Å². The summed E-state index contributed by atoms with van der Waals surface area (Å²) in [4.78, 5) is 0. The van der Waals surface area contributed by atoms with Gasteiger partial charge in [-0.3, -0.25) is 4.31 Å². The van der Waals surface area contributed by atoms with E-state index in [0.29, 0.717) is 0 Å². The number of nitrogens with zero attached hydrogens (tertiary/aromatic N) is 1. The molecule has 0 saturated carbocycles. The molecule has 0 amide bonds. The molecule has 1 aromatic rings. The third-order valence-electron chi connectivity index (χ3n) is 1.97. The molecule has 0 atom stereocenters. The highest BCUT2D eigenvalue weighted by Crippen LogP contribution is 2.23. The van der Waals surface area contributed by atoms with Crippen LogP contribution in [0.15, 0.2) is 24.3 Å². The Labute approximate surface area is 98.3 Å². The van der Waals surface area contributed by atoms with Crippen molar-refractivity contribution in [3.05, 3.63) is 29.8 Å². The van der Waals surface area contributed by atoms with Crippen LogP contribution in [0.25, 0.3) is 0 Å².